The lowest BCUT2D eigenvalue weighted by Gasteiger charge is -2.58. The molecule has 0 saturated carbocycles. The van der Waals surface area contributed by atoms with Gasteiger partial charge in [-0.1, -0.05) is 6.08 Å². The molecule has 240 valence electrons. The van der Waals surface area contributed by atoms with Crippen molar-refractivity contribution >= 4 is 5.97 Å². The zero-order valence-corrected chi connectivity index (χ0v) is 27.9. The quantitative estimate of drug-likeness (QED) is 0.293. The molecule has 2 bridgehead atoms. The van der Waals surface area contributed by atoms with Crippen LogP contribution in [0.15, 0.2) is 11.6 Å². The van der Waals surface area contributed by atoms with Gasteiger partial charge in [0.15, 0.2) is 23.0 Å². The molecule has 2 aromatic rings. The minimum Gasteiger partial charge on any atom is -0.496 e. The standard InChI is InChI=1S/C34H46N2O8/c1-12-17(2)34(37)44-16-24-25-22(29(39-7)19(4)30(40-8)32(25)42-10)14-23-27-26-21(13-20(35(27)5)15-36(23)24)28(38-6)18(3)31(41-9)33(26)43-11/h12,20,23-24,27H,13-16H2,1-11H3/b17-12+/t20-,23-,24+,27+/m0/s1. The van der Waals surface area contributed by atoms with E-state index >= 15 is 0 Å². The number of esters is 1. The lowest BCUT2D eigenvalue weighted by atomic mass is 9.73. The van der Waals surface area contributed by atoms with Gasteiger partial charge in [-0.3, -0.25) is 9.80 Å². The summed E-state index contributed by atoms with van der Waals surface area (Å²) < 4.78 is 42.1. The van der Waals surface area contributed by atoms with Gasteiger partial charge in [-0.05, 0) is 47.6 Å². The lowest BCUT2D eigenvalue weighted by Crippen LogP contribution is -2.64. The second kappa shape index (κ2) is 12.4. The Morgan fingerprint density at radius 2 is 1.27 bits per heavy atom. The third kappa shape index (κ3) is 4.65. The second-order valence-corrected chi connectivity index (χ2v) is 11.8. The van der Waals surface area contributed by atoms with Crippen LogP contribution in [0.4, 0.5) is 0 Å². The fourth-order valence-corrected chi connectivity index (χ4v) is 7.84. The Bertz CT molecular complexity index is 1490. The zero-order valence-electron chi connectivity index (χ0n) is 27.9. The molecule has 1 fully saturated rings. The summed E-state index contributed by atoms with van der Waals surface area (Å²) in [6, 6.07) is -0.229. The van der Waals surface area contributed by atoms with Gasteiger partial charge >= 0.3 is 5.97 Å². The Kier molecular flexibility index (Phi) is 8.96. The number of benzene rings is 2. The van der Waals surface area contributed by atoms with Crippen molar-refractivity contribution in [1.29, 1.82) is 0 Å². The molecule has 0 radical (unpaired) electrons. The van der Waals surface area contributed by atoms with Gasteiger partial charge in [0.25, 0.3) is 0 Å². The molecule has 0 spiro atoms. The number of carbonyl (C=O) groups is 1. The lowest BCUT2D eigenvalue weighted by molar-refractivity contribution is -0.143. The van der Waals surface area contributed by atoms with E-state index in [0.717, 1.165) is 63.6 Å². The SMILES string of the molecule is C/C=C(\C)C(=O)OC[C@@H]1c2c(c(OC)c(C)c(OC)c2OC)C[C@H]2[C@@H]3c4c(c(OC)c(C)c(OC)c4OC)C[C@@H](CN12)N3C. The summed E-state index contributed by atoms with van der Waals surface area (Å²) in [4.78, 5) is 17.9. The van der Waals surface area contributed by atoms with Gasteiger partial charge < -0.3 is 33.2 Å². The van der Waals surface area contributed by atoms with E-state index in [1.807, 2.05) is 20.8 Å². The molecule has 3 heterocycles. The van der Waals surface area contributed by atoms with Crippen molar-refractivity contribution in [3.05, 3.63) is 45.0 Å². The normalized spacial score (nSPS) is 22.8. The first-order valence-corrected chi connectivity index (χ1v) is 15.0. The van der Waals surface area contributed by atoms with E-state index in [4.69, 9.17) is 33.2 Å². The minimum atomic E-state index is -0.340. The van der Waals surface area contributed by atoms with Crippen molar-refractivity contribution < 1.29 is 38.0 Å². The van der Waals surface area contributed by atoms with E-state index in [9.17, 15) is 4.79 Å². The number of methoxy groups -OCH3 is 6. The van der Waals surface area contributed by atoms with Gasteiger partial charge in [0.2, 0.25) is 0 Å². The number of likely N-dealkylation sites (N-methyl/N-ethyl adjacent to an activating group) is 1. The Hall–Kier alpha value is -3.63. The average molecular weight is 611 g/mol. The Morgan fingerprint density at radius 3 is 1.77 bits per heavy atom. The summed E-state index contributed by atoms with van der Waals surface area (Å²) >= 11 is 0. The number of rotatable bonds is 9. The molecule has 5 rings (SSSR count). The van der Waals surface area contributed by atoms with Crippen LogP contribution in [0.1, 0.15) is 59.3 Å². The third-order valence-electron chi connectivity index (χ3n) is 9.92. The van der Waals surface area contributed by atoms with Crippen molar-refractivity contribution in [2.45, 2.75) is 64.7 Å². The fourth-order valence-electron chi connectivity index (χ4n) is 7.84. The summed E-state index contributed by atoms with van der Waals surface area (Å²) in [6.07, 6.45) is 3.20. The molecule has 3 aliphatic heterocycles. The fraction of sp³-hybridized carbons (Fsp3) is 0.559. The van der Waals surface area contributed by atoms with Gasteiger partial charge in [-0.25, -0.2) is 4.79 Å². The van der Waals surface area contributed by atoms with Crippen LogP contribution in [-0.2, 0) is 22.4 Å². The topological polar surface area (TPSA) is 88.2 Å². The molecule has 44 heavy (non-hydrogen) atoms. The van der Waals surface area contributed by atoms with E-state index in [0.29, 0.717) is 29.2 Å². The molecule has 0 aliphatic carbocycles. The molecule has 0 N–H and O–H groups in total. The Balaban J connectivity index is 1.77. The first kappa shape index (κ1) is 31.8. The van der Waals surface area contributed by atoms with Crippen LogP contribution in [0.3, 0.4) is 0 Å². The van der Waals surface area contributed by atoms with Crippen LogP contribution < -0.4 is 28.4 Å². The first-order chi connectivity index (χ1) is 21.1. The maximum atomic E-state index is 13.0. The Morgan fingerprint density at radius 1 is 0.773 bits per heavy atom. The summed E-state index contributed by atoms with van der Waals surface area (Å²) in [5.74, 6) is 3.93. The predicted molar refractivity (Wildman–Crippen MR) is 167 cm³/mol. The van der Waals surface area contributed by atoms with E-state index in [2.05, 4.69) is 16.8 Å². The van der Waals surface area contributed by atoms with Crippen LogP contribution in [0, 0.1) is 13.8 Å². The molecule has 0 unspecified atom stereocenters. The molecule has 10 heteroatoms. The molecule has 10 nitrogen and oxygen atoms in total. The van der Waals surface area contributed by atoms with E-state index in [1.54, 1.807) is 55.7 Å². The number of fused-ring (bicyclic) bond motifs is 7. The monoisotopic (exact) mass is 610 g/mol. The number of allylic oxidation sites excluding steroid dienone is 1. The Labute approximate surface area is 260 Å². The highest BCUT2D eigenvalue weighted by Crippen LogP contribution is 2.58. The molecular formula is C34H46N2O8. The van der Waals surface area contributed by atoms with E-state index < -0.39 is 0 Å². The summed E-state index contributed by atoms with van der Waals surface area (Å²) in [5.41, 5.74) is 6.54. The smallest absolute Gasteiger partial charge is 0.333 e. The van der Waals surface area contributed by atoms with Gasteiger partial charge in [0, 0.05) is 57.6 Å². The molecule has 3 aliphatic rings. The summed E-state index contributed by atoms with van der Waals surface area (Å²) in [5, 5.41) is 0. The van der Waals surface area contributed by atoms with Crippen molar-refractivity contribution in [3.8, 4) is 34.5 Å². The summed E-state index contributed by atoms with van der Waals surface area (Å²) in [6.45, 7) is 8.50. The number of hydrogen-bond donors (Lipinski definition) is 0. The summed E-state index contributed by atoms with van der Waals surface area (Å²) in [7, 11) is 12.2. The molecule has 2 aromatic carbocycles. The van der Waals surface area contributed by atoms with Crippen molar-refractivity contribution in [1.82, 2.24) is 9.80 Å². The highest BCUT2D eigenvalue weighted by atomic mass is 16.5. The maximum absolute atomic E-state index is 13.0. The highest BCUT2D eigenvalue weighted by molar-refractivity contribution is 5.87. The molecule has 0 amide bonds. The number of piperazine rings is 1. The maximum Gasteiger partial charge on any atom is 0.333 e. The van der Waals surface area contributed by atoms with Gasteiger partial charge in [0.1, 0.15) is 18.1 Å². The van der Waals surface area contributed by atoms with E-state index in [-0.39, 0.29) is 36.7 Å². The van der Waals surface area contributed by atoms with Crippen LogP contribution in [0.25, 0.3) is 0 Å². The van der Waals surface area contributed by atoms with Crippen LogP contribution >= 0.6 is 0 Å². The minimum absolute atomic E-state index is 0.0215. The zero-order chi connectivity index (χ0) is 32.0. The van der Waals surface area contributed by atoms with Crippen molar-refractivity contribution in [2.24, 2.45) is 0 Å². The second-order valence-electron chi connectivity index (χ2n) is 11.8. The number of carbonyl (C=O) groups excluding carboxylic acids is 1. The number of hydrogen-bond acceptors (Lipinski definition) is 10. The average Bonchev–Trinajstić information content (AvgIpc) is 3.02. The third-order valence-corrected chi connectivity index (χ3v) is 9.92. The van der Waals surface area contributed by atoms with Crippen molar-refractivity contribution in [2.75, 3.05) is 62.9 Å². The number of nitrogens with zero attached hydrogens (tertiary/aromatic N) is 2. The molecular weight excluding hydrogens is 564 g/mol. The van der Waals surface area contributed by atoms with E-state index in [1.165, 1.54) is 0 Å². The van der Waals surface area contributed by atoms with Crippen molar-refractivity contribution in [3.63, 3.8) is 0 Å². The highest BCUT2D eigenvalue weighted by Gasteiger charge is 2.53. The largest absolute Gasteiger partial charge is 0.496 e. The first-order valence-electron chi connectivity index (χ1n) is 15.0. The predicted octanol–water partition coefficient (Wildman–Crippen LogP) is 4.74. The van der Waals surface area contributed by atoms with Gasteiger partial charge in [0.05, 0.1) is 54.7 Å². The van der Waals surface area contributed by atoms with Gasteiger partial charge in [-0.2, -0.15) is 0 Å². The van der Waals surface area contributed by atoms with Crippen LogP contribution in [-0.4, -0.2) is 90.7 Å². The van der Waals surface area contributed by atoms with Crippen LogP contribution in [0.5, 0.6) is 34.5 Å². The molecule has 1 saturated heterocycles. The molecule has 0 aromatic heterocycles. The van der Waals surface area contributed by atoms with Crippen LogP contribution in [0.2, 0.25) is 0 Å². The van der Waals surface area contributed by atoms with Gasteiger partial charge in [-0.15, -0.1) is 0 Å². The number of ether oxygens (including phenoxy) is 7. The molecule has 4 atom stereocenters.